The Kier molecular flexibility index (Phi) is 5.62. The van der Waals surface area contributed by atoms with Gasteiger partial charge in [0, 0.05) is 10.0 Å². The number of benzene rings is 2. The molecular weight excluding hydrogens is 311 g/mol. The number of carbonyl (C=O) groups excluding carboxylic acids is 1. The molecule has 2 aromatic carbocycles. The van der Waals surface area contributed by atoms with Gasteiger partial charge in [0.2, 0.25) is 0 Å². The number of hydrogen-bond acceptors (Lipinski definition) is 3. The van der Waals surface area contributed by atoms with Crippen LogP contribution in [0.5, 0.6) is 0 Å². The summed E-state index contributed by atoms with van der Waals surface area (Å²) in [6.45, 7) is -0.153. The molecule has 2 rings (SSSR count). The van der Waals surface area contributed by atoms with Crippen LogP contribution in [0.2, 0.25) is 10.0 Å². The second-order valence-electron chi connectivity index (χ2n) is 4.38. The number of hydrogen-bond donors (Lipinski definition) is 0. The summed E-state index contributed by atoms with van der Waals surface area (Å²) in [5, 5.41) is 1.03. The zero-order valence-electron chi connectivity index (χ0n) is 11.4. The molecule has 1 unspecified atom stereocenters. The van der Waals surface area contributed by atoms with E-state index in [1.165, 1.54) is 7.11 Å². The summed E-state index contributed by atoms with van der Waals surface area (Å²) in [4.78, 5) is 11.3. The lowest BCUT2D eigenvalue weighted by atomic mass is 10.0. The fourth-order valence-corrected chi connectivity index (χ4v) is 2.49. The largest absolute Gasteiger partial charge is 0.467 e. The second-order valence-corrected chi connectivity index (χ2v) is 5.25. The Balaban J connectivity index is 2.33. The van der Waals surface area contributed by atoms with E-state index in [0.717, 1.165) is 11.1 Å². The summed E-state index contributed by atoms with van der Waals surface area (Å²) in [6, 6.07) is 14.7. The molecule has 0 aliphatic rings. The molecule has 3 nitrogen and oxygen atoms in total. The van der Waals surface area contributed by atoms with E-state index in [-0.39, 0.29) is 6.61 Å². The van der Waals surface area contributed by atoms with E-state index in [4.69, 9.17) is 27.9 Å². The smallest absolute Gasteiger partial charge is 0.331 e. The molecule has 110 valence electrons. The van der Waals surface area contributed by atoms with Crippen LogP contribution < -0.4 is 0 Å². The van der Waals surface area contributed by atoms with Crippen molar-refractivity contribution in [1.82, 2.24) is 0 Å². The average Bonchev–Trinajstić information content (AvgIpc) is 2.47. The molecule has 2 aromatic rings. The van der Waals surface area contributed by atoms with Crippen LogP contribution in [0.15, 0.2) is 48.5 Å². The van der Waals surface area contributed by atoms with Crippen molar-refractivity contribution in [3.8, 4) is 0 Å². The maximum atomic E-state index is 11.3. The normalized spacial score (nSPS) is 12.0. The highest BCUT2D eigenvalue weighted by molar-refractivity contribution is 6.34. The molecule has 0 bridgehead atoms. The molecular formula is C16H14Cl2O3. The van der Waals surface area contributed by atoms with Crippen molar-refractivity contribution >= 4 is 29.2 Å². The van der Waals surface area contributed by atoms with E-state index in [1.54, 1.807) is 18.2 Å². The molecule has 0 heterocycles. The molecule has 0 spiro atoms. The van der Waals surface area contributed by atoms with E-state index >= 15 is 0 Å². The van der Waals surface area contributed by atoms with Gasteiger partial charge in [-0.3, -0.25) is 0 Å². The number of rotatable bonds is 5. The Morgan fingerprint density at radius 1 is 1.05 bits per heavy atom. The fraction of sp³-hybridized carbons (Fsp3) is 0.188. The molecule has 0 fully saturated rings. The lowest BCUT2D eigenvalue weighted by Crippen LogP contribution is -2.15. The predicted molar refractivity (Wildman–Crippen MR) is 82.7 cm³/mol. The molecule has 0 aromatic heterocycles. The van der Waals surface area contributed by atoms with Gasteiger partial charge < -0.3 is 9.47 Å². The third-order valence-corrected chi connectivity index (χ3v) is 3.32. The molecule has 21 heavy (non-hydrogen) atoms. The van der Waals surface area contributed by atoms with Gasteiger partial charge in [-0.2, -0.15) is 0 Å². The Morgan fingerprint density at radius 3 is 2.24 bits per heavy atom. The number of ether oxygens (including phenoxy) is 2. The molecule has 1 atom stereocenters. The van der Waals surface area contributed by atoms with E-state index in [1.807, 2.05) is 30.3 Å². The Morgan fingerprint density at radius 2 is 1.67 bits per heavy atom. The summed E-state index contributed by atoms with van der Waals surface area (Å²) >= 11 is 12.1. The second kappa shape index (κ2) is 7.46. The molecule has 0 radical (unpaired) electrons. The maximum absolute atomic E-state index is 11.3. The van der Waals surface area contributed by atoms with Crippen LogP contribution >= 0.6 is 23.2 Å². The first-order valence-corrected chi connectivity index (χ1v) is 7.05. The van der Waals surface area contributed by atoms with Gasteiger partial charge in [-0.25, -0.2) is 4.79 Å². The van der Waals surface area contributed by atoms with E-state index in [0.29, 0.717) is 10.0 Å². The minimum Gasteiger partial charge on any atom is -0.467 e. The molecule has 0 aliphatic carbocycles. The van der Waals surface area contributed by atoms with Crippen molar-refractivity contribution in [2.45, 2.75) is 6.10 Å². The number of halogens is 2. The maximum Gasteiger partial charge on any atom is 0.331 e. The van der Waals surface area contributed by atoms with Gasteiger partial charge in [-0.05, 0) is 29.3 Å². The molecule has 0 saturated heterocycles. The van der Waals surface area contributed by atoms with Gasteiger partial charge in [0.05, 0.1) is 7.11 Å². The zero-order valence-corrected chi connectivity index (χ0v) is 12.9. The molecule has 0 N–H and O–H groups in total. The topological polar surface area (TPSA) is 35.5 Å². The highest BCUT2D eigenvalue weighted by Gasteiger charge is 2.17. The minimum absolute atomic E-state index is 0.153. The van der Waals surface area contributed by atoms with Crippen LogP contribution in [0.25, 0.3) is 0 Å². The Labute approximate surface area is 133 Å². The van der Waals surface area contributed by atoms with E-state index in [9.17, 15) is 4.79 Å². The van der Waals surface area contributed by atoms with Crippen molar-refractivity contribution < 1.29 is 14.3 Å². The van der Waals surface area contributed by atoms with Gasteiger partial charge in [-0.1, -0.05) is 53.5 Å². The van der Waals surface area contributed by atoms with E-state index in [2.05, 4.69) is 4.74 Å². The highest BCUT2D eigenvalue weighted by atomic mass is 35.5. The van der Waals surface area contributed by atoms with Crippen molar-refractivity contribution in [2.75, 3.05) is 13.7 Å². The Hall–Kier alpha value is -1.55. The number of esters is 1. The third-order valence-electron chi connectivity index (χ3n) is 2.89. The van der Waals surface area contributed by atoms with Crippen molar-refractivity contribution in [3.05, 3.63) is 69.7 Å². The van der Waals surface area contributed by atoms with Gasteiger partial charge in [0.1, 0.15) is 12.7 Å². The zero-order chi connectivity index (χ0) is 15.2. The first-order chi connectivity index (χ1) is 10.1. The van der Waals surface area contributed by atoms with Crippen LogP contribution in [-0.4, -0.2) is 19.7 Å². The Bertz CT molecular complexity index is 594. The standard InChI is InChI=1S/C16H14Cl2O3/c1-20-15(19)10-21-16(11-5-3-2-4-6-11)12-7-13(17)9-14(18)8-12/h2-9,16H,10H2,1H3. The molecule has 0 saturated carbocycles. The summed E-state index contributed by atoms with van der Waals surface area (Å²) in [7, 11) is 1.32. The van der Waals surface area contributed by atoms with Crippen LogP contribution in [0, 0.1) is 0 Å². The SMILES string of the molecule is COC(=O)COC(c1ccccc1)c1cc(Cl)cc(Cl)c1. The van der Waals surface area contributed by atoms with Crippen molar-refractivity contribution in [2.24, 2.45) is 0 Å². The van der Waals surface area contributed by atoms with Crippen molar-refractivity contribution in [3.63, 3.8) is 0 Å². The monoisotopic (exact) mass is 324 g/mol. The summed E-state index contributed by atoms with van der Waals surface area (Å²) in [5.74, 6) is -0.441. The minimum atomic E-state index is -0.443. The molecule has 0 amide bonds. The van der Waals surface area contributed by atoms with Gasteiger partial charge in [-0.15, -0.1) is 0 Å². The number of carbonyl (C=O) groups is 1. The van der Waals surface area contributed by atoms with Crippen LogP contribution in [0.4, 0.5) is 0 Å². The van der Waals surface area contributed by atoms with Gasteiger partial charge in [0.15, 0.2) is 0 Å². The van der Waals surface area contributed by atoms with Gasteiger partial charge >= 0.3 is 5.97 Å². The van der Waals surface area contributed by atoms with Gasteiger partial charge in [0.25, 0.3) is 0 Å². The lowest BCUT2D eigenvalue weighted by molar-refractivity contribution is -0.147. The van der Waals surface area contributed by atoms with Crippen molar-refractivity contribution in [1.29, 1.82) is 0 Å². The van der Waals surface area contributed by atoms with Crippen LogP contribution in [0.1, 0.15) is 17.2 Å². The summed E-state index contributed by atoms with van der Waals surface area (Å²) in [6.07, 6.45) is -0.443. The fourth-order valence-electron chi connectivity index (χ4n) is 1.95. The van der Waals surface area contributed by atoms with Crippen LogP contribution in [0.3, 0.4) is 0 Å². The summed E-state index contributed by atoms with van der Waals surface area (Å²) in [5.41, 5.74) is 1.68. The predicted octanol–water partition coefficient (Wildman–Crippen LogP) is 4.27. The quantitative estimate of drug-likeness (QED) is 0.770. The van der Waals surface area contributed by atoms with Crippen LogP contribution in [-0.2, 0) is 14.3 Å². The third kappa shape index (κ3) is 4.46. The molecule has 0 aliphatic heterocycles. The van der Waals surface area contributed by atoms with E-state index < -0.39 is 12.1 Å². The first kappa shape index (κ1) is 15.8. The highest BCUT2D eigenvalue weighted by Crippen LogP contribution is 2.30. The lowest BCUT2D eigenvalue weighted by Gasteiger charge is -2.19. The number of methoxy groups -OCH3 is 1. The first-order valence-electron chi connectivity index (χ1n) is 6.29. The molecule has 5 heteroatoms. The average molecular weight is 325 g/mol. The summed E-state index contributed by atoms with van der Waals surface area (Å²) < 4.78 is 10.3.